The third kappa shape index (κ3) is 7.56. The van der Waals surface area contributed by atoms with Crippen molar-refractivity contribution in [2.45, 2.75) is 27.4 Å². The van der Waals surface area contributed by atoms with Crippen molar-refractivity contribution in [3.8, 4) is 0 Å². The molecular formula is C23H24FN9O6S4. The summed E-state index contributed by atoms with van der Waals surface area (Å²) in [6.07, 6.45) is 4.18. The van der Waals surface area contributed by atoms with Crippen molar-refractivity contribution in [2.75, 3.05) is 30.5 Å². The molecule has 2 aromatic heterocycles. The summed E-state index contributed by atoms with van der Waals surface area (Å²) in [5.41, 5.74) is 10.6. The number of alkyl halides is 1. The first-order valence-electron chi connectivity index (χ1n) is 12.2. The number of anilines is 1. The Kier molecular flexibility index (Phi) is 11.2. The standard InChI is InChI=1S/C23H24FN9O6S4/c24-2-4-39-32-16(11-6-42-23(26)30-11)19(35)31-17-20(36)33-18(22(37)38)14(7-41-21(17)33)43-12-1-3-27-5-13(12)40-8-15(28-9-25)29-10-34/h1,3,5-6,9-10,15,17,21H,2,4,7-8H2,(H2,25,28)(H2,26,30)(H,29,34)(H,31,35)(H,37,38)/b32-16-/t15?,17-,21+/m1/s1. The first-order valence-corrected chi connectivity index (χ1v) is 15.9. The molecule has 0 bridgehead atoms. The summed E-state index contributed by atoms with van der Waals surface area (Å²) in [5.74, 6) is -2.19. The van der Waals surface area contributed by atoms with Crippen LogP contribution >= 0.6 is 46.6 Å². The number of thioether (sulfide) groups is 3. The van der Waals surface area contributed by atoms with Crippen molar-refractivity contribution in [1.29, 1.82) is 0 Å². The first kappa shape index (κ1) is 32.0. The smallest absolute Gasteiger partial charge is 0.353 e. The van der Waals surface area contributed by atoms with Gasteiger partial charge in [-0.1, -0.05) is 16.9 Å². The number of carbonyl (C=O) groups is 4. The fourth-order valence-corrected chi connectivity index (χ4v) is 7.98. The zero-order valence-corrected chi connectivity index (χ0v) is 25.2. The number of halogens is 1. The number of amides is 3. The maximum atomic E-state index is 13.2. The SMILES string of the molecule is NC=NC(CSc1cnccc1SC1=C(C(=O)O)N2C(=O)[C@@H](NC(=O)/C(=N\OCCF)c3csc(N)n3)[C@@H]2SC1)NC=O. The van der Waals surface area contributed by atoms with Gasteiger partial charge in [0.2, 0.25) is 6.41 Å². The molecule has 2 aromatic rings. The number of β-lactam (4-membered cyclic amide) rings is 1. The van der Waals surface area contributed by atoms with Gasteiger partial charge >= 0.3 is 5.97 Å². The Hall–Kier alpha value is -3.88. The van der Waals surface area contributed by atoms with Crippen molar-refractivity contribution in [2.24, 2.45) is 15.9 Å². The number of fused-ring (bicyclic) bond motifs is 1. The molecule has 0 aliphatic carbocycles. The van der Waals surface area contributed by atoms with E-state index in [-0.39, 0.29) is 28.0 Å². The highest BCUT2D eigenvalue weighted by molar-refractivity contribution is 8.07. The summed E-state index contributed by atoms with van der Waals surface area (Å²) in [4.78, 5) is 69.4. The molecule has 1 unspecified atom stereocenters. The number of carbonyl (C=O) groups excluding carboxylic acids is 3. The lowest BCUT2D eigenvalue weighted by atomic mass is 10.0. The van der Waals surface area contributed by atoms with E-state index in [1.165, 1.54) is 40.7 Å². The Balaban J connectivity index is 1.51. The lowest BCUT2D eigenvalue weighted by molar-refractivity contribution is -0.150. The summed E-state index contributed by atoms with van der Waals surface area (Å²) in [7, 11) is 0. The van der Waals surface area contributed by atoms with Crippen LogP contribution in [0, 0.1) is 0 Å². The van der Waals surface area contributed by atoms with Crippen LogP contribution in [0.1, 0.15) is 5.69 Å². The fourth-order valence-electron chi connectivity index (χ4n) is 3.80. The Morgan fingerprint density at radius 2 is 2.21 bits per heavy atom. The zero-order valence-electron chi connectivity index (χ0n) is 21.9. The van der Waals surface area contributed by atoms with Crippen molar-refractivity contribution in [1.82, 2.24) is 25.5 Å². The van der Waals surface area contributed by atoms with Gasteiger partial charge in [-0.3, -0.25) is 29.3 Å². The van der Waals surface area contributed by atoms with Gasteiger partial charge in [0, 0.05) is 44.0 Å². The Labute approximate surface area is 260 Å². The van der Waals surface area contributed by atoms with E-state index in [0.29, 0.717) is 26.9 Å². The molecule has 4 heterocycles. The average Bonchev–Trinajstić information content (AvgIpc) is 3.42. The van der Waals surface area contributed by atoms with Crippen LogP contribution in [0.2, 0.25) is 0 Å². The van der Waals surface area contributed by atoms with E-state index in [1.54, 1.807) is 18.5 Å². The topological polar surface area (TPSA) is 228 Å². The van der Waals surface area contributed by atoms with Crippen LogP contribution in [0.3, 0.4) is 0 Å². The van der Waals surface area contributed by atoms with Crippen molar-refractivity contribution >= 4 is 88.0 Å². The minimum Gasteiger partial charge on any atom is -0.477 e. The largest absolute Gasteiger partial charge is 0.477 e. The molecule has 43 heavy (non-hydrogen) atoms. The summed E-state index contributed by atoms with van der Waals surface area (Å²) in [6, 6.07) is 0.654. The molecule has 2 aliphatic heterocycles. The van der Waals surface area contributed by atoms with Crippen LogP contribution in [0.4, 0.5) is 9.52 Å². The van der Waals surface area contributed by atoms with Gasteiger partial charge in [-0.05, 0) is 6.07 Å². The van der Waals surface area contributed by atoms with E-state index in [2.05, 4.69) is 30.7 Å². The summed E-state index contributed by atoms with van der Waals surface area (Å²) in [6.45, 7) is -1.23. The Morgan fingerprint density at radius 1 is 1.40 bits per heavy atom. The number of aliphatic carboxylic acids is 1. The van der Waals surface area contributed by atoms with Gasteiger partial charge in [-0.15, -0.1) is 34.9 Å². The molecule has 3 amide bonds. The molecule has 1 saturated heterocycles. The number of nitrogen functional groups attached to an aromatic ring is 1. The van der Waals surface area contributed by atoms with E-state index in [4.69, 9.17) is 16.3 Å². The molecule has 0 saturated carbocycles. The highest BCUT2D eigenvalue weighted by Crippen LogP contribution is 2.46. The predicted molar refractivity (Wildman–Crippen MR) is 161 cm³/mol. The molecule has 3 atom stereocenters. The first-order chi connectivity index (χ1) is 20.8. The van der Waals surface area contributed by atoms with E-state index < -0.39 is 48.6 Å². The van der Waals surface area contributed by atoms with Gasteiger partial charge in [0.25, 0.3) is 11.8 Å². The third-order valence-electron chi connectivity index (χ3n) is 5.63. The number of carboxylic acid groups (broad SMARTS) is 1. The summed E-state index contributed by atoms with van der Waals surface area (Å²) in [5, 5.41) is 19.8. The number of thiazole rings is 1. The molecule has 1 fully saturated rings. The number of aromatic nitrogens is 2. The second-order valence-electron chi connectivity index (χ2n) is 8.30. The van der Waals surface area contributed by atoms with E-state index >= 15 is 0 Å². The molecule has 7 N–H and O–H groups in total. The highest BCUT2D eigenvalue weighted by Gasteiger charge is 2.54. The zero-order chi connectivity index (χ0) is 30.9. The molecule has 2 aliphatic rings. The van der Waals surface area contributed by atoms with Gasteiger partial charge < -0.3 is 32.0 Å². The van der Waals surface area contributed by atoms with Crippen molar-refractivity contribution < 1.29 is 33.5 Å². The lowest BCUT2D eigenvalue weighted by Gasteiger charge is -2.49. The number of hydrogen-bond donors (Lipinski definition) is 5. The fraction of sp³-hybridized carbons (Fsp3) is 0.304. The van der Waals surface area contributed by atoms with Crippen LogP contribution < -0.4 is 22.1 Å². The second kappa shape index (κ2) is 15.0. The van der Waals surface area contributed by atoms with Gasteiger partial charge in [-0.2, -0.15) is 0 Å². The molecule has 228 valence electrons. The Morgan fingerprint density at radius 3 is 2.88 bits per heavy atom. The third-order valence-corrected chi connectivity index (χ3v) is 10.2. The normalized spacial score (nSPS) is 19.0. The van der Waals surface area contributed by atoms with Crippen LogP contribution in [0.15, 0.2) is 54.4 Å². The van der Waals surface area contributed by atoms with Gasteiger partial charge in [0.05, 0.1) is 6.34 Å². The minimum absolute atomic E-state index is 0.0812. The maximum Gasteiger partial charge on any atom is 0.353 e. The van der Waals surface area contributed by atoms with Crippen LogP contribution in [0.25, 0.3) is 0 Å². The average molecular weight is 670 g/mol. The summed E-state index contributed by atoms with van der Waals surface area (Å²) < 4.78 is 12.5. The van der Waals surface area contributed by atoms with E-state index in [9.17, 15) is 28.7 Å². The van der Waals surface area contributed by atoms with Gasteiger partial charge in [-0.25, -0.2) is 14.2 Å². The molecule has 0 radical (unpaired) electrons. The van der Waals surface area contributed by atoms with E-state index in [0.717, 1.165) is 22.6 Å². The van der Waals surface area contributed by atoms with Gasteiger partial charge in [0.15, 0.2) is 10.8 Å². The number of rotatable bonds is 15. The summed E-state index contributed by atoms with van der Waals surface area (Å²) >= 11 is 4.83. The molecular weight excluding hydrogens is 646 g/mol. The predicted octanol–water partition coefficient (Wildman–Crippen LogP) is 0.450. The minimum atomic E-state index is -1.30. The Bertz CT molecular complexity index is 1470. The number of nitrogens with zero attached hydrogens (tertiary/aromatic N) is 5. The monoisotopic (exact) mass is 669 g/mol. The van der Waals surface area contributed by atoms with Crippen molar-refractivity contribution in [3.05, 3.63) is 40.1 Å². The quantitative estimate of drug-likeness (QED) is 0.0331. The maximum absolute atomic E-state index is 13.2. The molecule has 0 aromatic carbocycles. The number of pyridine rings is 1. The van der Waals surface area contributed by atoms with Crippen molar-refractivity contribution in [3.63, 3.8) is 0 Å². The second-order valence-corrected chi connectivity index (χ2v) is 12.5. The van der Waals surface area contributed by atoms with E-state index in [1.807, 2.05) is 0 Å². The molecule has 0 spiro atoms. The number of nitrogens with two attached hydrogens (primary N) is 2. The molecule has 4 rings (SSSR count). The number of oxime groups is 1. The lowest BCUT2D eigenvalue weighted by Crippen LogP contribution is -2.71. The van der Waals surface area contributed by atoms with Gasteiger partial charge in [0.1, 0.15) is 42.3 Å². The highest BCUT2D eigenvalue weighted by atomic mass is 32.2. The number of carboxylic acids is 1. The molecule has 15 nitrogen and oxygen atoms in total. The number of hydrogen-bond acceptors (Lipinski definition) is 14. The van der Waals surface area contributed by atoms with Crippen LogP contribution in [-0.2, 0) is 24.0 Å². The molecule has 20 heteroatoms. The van der Waals surface area contributed by atoms with Crippen LogP contribution in [-0.4, -0.2) is 98.6 Å². The number of nitrogens with one attached hydrogen (secondary N) is 2. The van der Waals surface area contributed by atoms with Crippen LogP contribution in [0.5, 0.6) is 0 Å². The number of aliphatic imine (C=N–C) groups is 1.